The highest BCUT2D eigenvalue weighted by atomic mass is 16.4. The SMILES string of the molecule is CO[B][C@H]1CCCN1Cc1ccc2ccccc2c1. The number of rotatable bonds is 4. The van der Waals surface area contributed by atoms with Crippen LogP contribution < -0.4 is 0 Å². The standard InChI is InChI=1S/C16H19BNO/c1-19-17-16-7-4-10-18(16)12-13-8-9-14-5-2-3-6-15(14)11-13/h2-3,5-6,8-9,11,16H,4,7,10,12H2,1H3/t16-/m1/s1. The Balaban J connectivity index is 1.77. The number of nitrogens with zero attached hydrogens (tertiary/aromatic N) is 1. The minimum absolute atomic E-state index is 0.469. The van der Waals surface area contributed by atoms with E-state index in [1.165, 1.54) is 29.2 Å². The van der Waals surface area contributed by atoms with Crippen LogP contribution in [0.4, 0.5) is 0 Å². The Morgan fingerprint density at radius 1 is 1.21 bits per heavy atom. The maximum absolute atomic E-state index is 5.20. The van der Waals surface area contributed by atoms with Gasteiger partial charge in [-0.15, -0.1) is 0 Å². The van der Waals surface area contributed by atoms with Crippen LogP contribution in [0.5, 0.6) is 0 Å². The van der Waals surface area contributed by atoms with Crippen molar-refractivity contribution in [1.29, 1.82) is 0 Å². The van der Waals surface area contributed by atoms with E-state index in [1.54, 1.807) is 7.11 Å². The normalized spacial score (nSPS) is 19.9. The molecule has 2 nitrogen and oxygen atoms in total. The summed E-state index contributed by atoms with van der Waals surface area (Å²) in [4.78, 5) is 2.49. The molecular formula is C16H19BNO. The van der Waals surface area contributed by atoms with E-state index in [-0.39, 0.29) is 0 Å². The minimum Gasteiger partial charge on any atom is -0.441 e. The van der Waals surface area contributed by atoms with Gasteiger partial charge in [0.2, 0.25) is 0 Å². The molecule has 1 radical (unpaired) electrons. The van der Waals surface area contributed by atoms with Crippen molar-refractivity contribution in [2.75, 3.05) is 13.7 Å². The second-order valence-corrected chi connectivity index (χ2v) is 5.23. The van der Waals surface area contributed by atoms with Crippen molar-refractivity contribution >= 4 is 18.3 Å². The average Bonchev–Trinajstić information content (AvgIpc) is 2.86. The van der Waals surface area contributed by atoms with E-state index in [9.17, 15) is 0 Å². The van der Waals surface area contributed by atoms with Crippen LogP contribution >= 0.6 is 0 Å². The third-order valence-electron chi connectivity index (χ3n) is 3.91. The van der Waals surface area contributed by atoms with Gasteiger partial charge in [0.25, 0.3) is 0 Å². The van der Waals surface area contributed by atoms with Crippen molar-refractivity contribution < 1.29 is 4.65 Å². The molecule has 1 fully saturated rings. The highest BCUT2D eigenvalue weighted by Crippen LogP contribution is 2.22. The third-order valence-corrected chi connectivity index (χ3v) is 3.91. The van der Waals surface area contributed by atoms with E-state index in [0.717, 1.165) is 13.1 Å². The molecule has 0 amide bonds. The molecular weight excluding hydrogens is 233 g/mol. The summed E-state index contributed by atoms with van der Waals surface area (Å²) in [7, 11) is 3.71. The van der Waals surface area contributed by atoms with Gasteiger partial charge in [-0.3, -0.25) is 0 Å². The molecule has 1 aliphatic heterocycles. The van der Waals surface area contributed by atoms with Gasteiger partial charge in [-0.1, -0.05) is 36.4 Å². The summed E-state index contributed by atoms with van der Waals surface area (Å²) in [6, 6.07) is 15.3. The first-order valence-corrected chi connectivity index (χ1v) is 6.95. The molecule has 0 aliphatic carbocycles. The molecule has 0 aromatic heterocycles. The largest absolute Gasteiger partial charge is 0.441 e. The first kappa shape index (κ1) is 12.7. The zero-order valence-electron chi connectivity index (χ0n) is 11.4. The first-order chi connectivity index (χ1) is 9.36. The van der Waals surface area contributed by atoms with Crippen LogP contribution in [0.15, 0.2) is 42.5 Å². The van der Waals surface area contributed by atoms with Crippen molar-refractivity contribution in [1.82, 2.24) is 4.90 Å². The van der Waals surface area contributed by atoms with Crippen LogP contribution in [0.25, 0.3) is 10.8 Å². The average molecular weight is 252 g/mol. The van der Waals surface area contributed by atoms with Gasteiger partial charge in [0.15, 0.2) is 0 Å². The Labute approximate surface area is 115 Å². The lowest BCUT2D eigenvalue weighted by Crippen LogP contribution is -2.34. The Bertz CT molecular complexity index is 557. The molecule has 2 aromatic carbocycles. The van der Waals surface area contributed by atoms with Crippen LogP contribution in [0.2, 0.25) is 0 Å². The highest BCUT2D eigenvalue weighted by Gasteiger charge is 2.25. The molecule has 1 aliphatic rings. The van der Waals surface area contributed by atoms with E-state index in [0.29, 0.717) is 5.94 Å². The molecule has 0 N–H and O–H groups in total. The zero-order valence-corrected chi connectivity index (χ0v) is 11.4. The molecule has 1 atom stereocenters. The Kier molecular flexibility index (Phi) is 3.85. The summed E-state index contributed by atoms with van der Waals surface area (Å²) in [6.07, 6.45) is 2.47. The maximum Gasteiger partial charge on any atom is 0.310 e. The van der Waals surface area contributed by atoms with Gasteiger partial charge in [-0.05, 0) is 41.8 Å². The number of hydrogen-bond donors (Lipinski definition) is 0. The predicted octanol–water partition coefficient (Wildman–Crippen LogP) is 3.03. The second-order valence-electron chi connectivity index (χ2n) is 5.23. The van der Waals surface area contributed by atoms with Crippen molar-refractivity contribution in [3.05, 3.63) is 48.0 Å². The molecule has 1 heterocycles. The van der Waals surface area contributed by atoms with Gasteiger partial charge in [0, 0.05) is 19.6 Å². The lowest BCUT2D eigenvalue weighted by Gasteiger charge is -2.23. The fourth-order valence-corrected chi connectivity index (χ4v) is 2.93. The summed E-state index contributed by atoms with van der Waals surface area (Å²) in [6.45, 7) is 2.17. The van der Waals surface area contributed by atoms with Crippen molar-refractivity contribution in [2.45, 2.75) is 25.3 Å². The highest BCUT2D eigenvalue weighted by molar-refractivity contribution is 6.29. The lowest BCUT2D eigenvalue weighted by atomic mass is 9.85. The lowest BCUT2D eigenvalue weighted by molar-refractivity contribution is 0.280. The van der Waals surface area contributed by atoms with E-state index < -0.39 is 0 Å². The molecule has 19 heavy (non-hydrogen) atoms. The Morgan fingerprint density at radius 2 is 2.05 bits per heavy atom. The van der Waals surface area contributed by atoms with Crippen LogP contribution in [0.3, 0.4) is 0 Å². The van der Waals surface area contributed by atoms with Gasteiger partial charge in [-0.25, -0.2) is 0 Å². The molecule has 0 spiro atoms. The smallest absolute Gasteiger partial charge is 0.310 e. The predicted molar refractivity (Wildman–Crippen MR) is 80.1 cm³/mol. The fraction of sp³-hybridized carbons (Fsp3) is 0.375. The summed E-state index contributed by atoms with van der Waals surface area (Å²) < 4.78 is 5.20. The summed E-state index contributed by atoms with van der Waals surface area (Å²) in [5.74, 6) is 0.469. The Morgan fingerprint density at radius 3 is 2.89 bits per heavy atom. The van der Waals surface area contributed by atoms with Crippen molar-refractivity contribution in [3.63, 3.8) is 0 Å². The summed E-state index contributed by atoms with van der Waals surface area (Å²) in [5.41, 5.74) is 1.38. The second kappa shape index (κ2) is 5.76. The summed E-state index contributed by atoms with van der Waals surface area (Å²) >= 11 is 0. The van der Waals surface area contributed by atoms with E-state index >= 15 is 0 Å². The van der Waals surface area contributed by atoms with Crippen molar-refractivity contribution in [2.24, 2.45) is 0 Å². The number of likely N-dealkylation sites (tertiary alicyclic amines) is 1. The van der Waals surface area contributed by atoms with Crippen LogP contribution in [0.1, 0.15) is 18.4 Å². The topological polar surface area (TPSA) is 12.5 Å². The van der Waals surface area contributed by atoms with Gasteiger partial charge in [-0.2, -0.15) is 0 Å². The zero-order chi connectivity index (χ0) is 13.1. The monoisotopic (exact) mass is 252 g/mol. The fourth-order valence-electron chi connectivity index (χ4n) is 2.93. The molecule has 97 valence electrons. The molecule has 0 unspecified atom stereocenters. The van der Waals surface area contributed by atoms with E-state index in [4.69, 9.17) is 4.65 Å². The number of benzene rings is 2. The van der Waals surface area contributed by atoms with Gasteiger partial charge >= 0.3 is 7.48 Å². The number of hydrogen-bond acceptors (Lipinski definition) is 2. The van der Waals surface area contributed by atoms with Gasteiger partial charge in [0.1, 0.15) is 0 Å². The Hall–Kier alpha value is -1.32. The maximum atomic E-state index is 5.20. The molecule has 3 heteroatoms. The minimum atomic E-state index is 0.469. The summed E-state index contributed by atoms with van der Waals surface area (Å²) in [5, 5.41) is 2.64. The first-order valence-electron chi connectivity index (χ1n) is 6.95. The molecule has 0 saturated carbocycles. The van der Waals surface area contributed by atoms with Crippen LogP contribution in [0, 0.1) is 0 Å². The van der Waals surface area contributed by atoms with E-state index in [2.05, 4.69) is 47.4 Å². The third kappa shape index (κ3) is 2.83. The van der Waals surface area contributed by atoms with Gasteiger partial charge < -0.3 is 9.55 Å². The van der Waals surface area contributed by atoms with E-state index in [1.807, 2.05) is 7.48 Å². The molecule has 0 bridgehead atoms. The number of fused-ring (bicyclic) bond motifs is 1. The molecule has 3 rings (SSSR count). The van der Waals surface area contributed by atoms with Gasteiger partial charge in [0.05, 0.1) is 0 Å². The molecule has 1 saturated heterocycles. The quantitative estimate of drug-likeness (QED) is 0.775. The van der Waals surface area contributed by atoms with Crippen LogP contribution in [-0.4, -0.2) is 32.0 Å². The molecule has 2 aromatic rings. The van der Waals surface area contributed by atoms with Crippen LogP contribution in [-0.2, 0) is 11.2 Å². The van der Waals surface area contributed by atoms with Crippen molar-refractivity contribution in [3.8, 4) is 0 Å².